The van der Waals surface area contributed by atoms with Crippen molar-refractivity contribution in [2.75, 3.05) is 6.54 Å². The van der Waals surface area contributed by atoms with Crippen LogP contribution in [-0.4, -0.2) is 27.3 Å². The summed E-state index contributed by atoms with van der Waals surface area (Å²) in [7, 11) is 1.83. The number of halogens is 3. The predicted molar refractivity (Wildman–Crippen MR) is 102 cm³/mol. The lowest BCUT2D eigenvalue weighted by Crippen LogP contribution is -2.37. The van der Waals surface area contributed by atoms with Gasteiger partial charge in [0.05, 0.1) is 13.1 Å². The zero-order chi connectivity index (χ0) is 15.9. The summed E-state index contributed by atoms with van der Waals surface area (Å²) in [6.45, 7) is 3.61. The molecule has 0 amide bonds. The average Bonchev–Trinajstić information content (AvgIpc) is 2.86. The molecule has 9 heteroatoms. The molecule has 126 valence electrons. The Hall–Kier alpha value is -1.23. The van der Waals surface area contributed by atoms with Gasteiger partial charge >= 0.3 is 0 Å². The van der Waals surface area contributed by atoms with Crippen molar-refractivity contribution in [2.24, 2.45) is 12.0 Å². The number of aliphatic imine (C=N–C) groups is 1. The molecule has 2 aromatic rings. The SMILES string of the molecule is CCNC(=NCc1cc(F)cc(Br)c1)NCc1ncnn1C.I. The molecule has 6 nitrogen and oxygen atoms in total. The van der Waals surface area contributed by atoms with Gasteiger partial charge in [0.25, 0.3) is 0 Å². The number of nitrogens with one attached hydrogen (secondary N) is 2. The number of hydrogen-bond donors (Lipinski definition) is 2. The smallest absolute Gasteiger partial charge is 0.191 e. The molecule has 23 heavy (non-hydrogen) atoms. The van der Waals surface area contributed by atoms with Gasteiger partial charge in [-0.3, -0.25) is 4.68 Å². The summed E-state index contributed by atoms with van der Waals surface area (Å²) in [6, 6.07) is 4.74. The van der Waals surface area contributed by atoms with E-state index >= 15 is 0 Å². The van der Waals surface area contributed by atoms with E-state index in [1.54, 1.807) is 4.68 Å². The Morgan fingerprint density at radius 1 is 1.35 bits per heavy atom. The molecule has 0 fully saturated rings. The van der Waals surface area contributed by atoms with Crippen LogP contribution in [0.5, 0.6) is 0 Å². The van der Waals surface area contributed by atoms with E-state index in [9.17, 15) is 4.39 Å². The van der Waals surface area contributed by atoms with Gasteiger partial charge in [-0.1, -0.05) is 15.9 Å². The summed E-state index contributed by atoms with van der Waals surface area (Å²) < 4.78 is 15.7. The van der Waals surface area contributed by atoms with Crippen molar-refractivity contribution in [1.29, 1.82) is 0 Å². The summed E-state index contributed by atoms with van der Waals surface area (Å²) in [5.41, 5.74) is 0.794. The van der Waals surface area contributed by atoms with E-state index in [2.05, 4.69) is 41.6 Å². The Morgan fingerprint density at radius 3 is 2.74 bits per heavy atom. The fourth-order valence-corrected chi connectivity index (χ4v) is 2.37. The molecule has 0 spiro atoms. The monoisotopic (exact) mass is 496 g/mol. The number of aromatic nitrogens is 3. The van der Waals surface area contributed by atoms with Crippen LogP contribution in [0, 0.1) is 5.82 Å². The molecular formula is C14H19BrFIN6. The van der Waals surface area contributed by atoms with Gasteiger partial charge in [0.15, 0.2) is 5.96 Å². The highest BCUT2D eigenvalue weighted by Crippen LogP contribution is 2.15. The fraction of sp³-hybridized carbons (Fsp3) is 0.357. The minimum absolute atomic E-state index is 0. The minimum Gasteiger partial charge on any atom is -0.357 e. The Morgan fingerprint density at radius 2 is 2.13 bits per heavy atom. The van der Waals surface area contributed by atoms with Crippen LogP contribution in [0.25, 0.3) is 0 Å². The van der Waals surface area contributed by atoms with E-state index in [0.29, 0.717) is 23.5 Å². The normalized spacial score (nSPS) is 11.0. The van der Waals surface area contributed by atoms with Crippen LogP contribution in [0.4, 0.5) is 4.39 Å². The molecule has 0 aliphatic heterocycles. The zero-order valence-electron chi connectivity index (χ0n) is 12.9. The Labute approximate surface area is 160 Å². The van der Waals surface area contributed by atoms with Crippen molar-refractivity contribution in [2.45, 2.75) is 20.0 Å². The second kappa shape index (κ2) is 9.81. The summed E-state index contributed by atoms with van der Waals surface area (Å²) in [4.78, 5) is 8.58. The van der Waals surface area contributed by atoms with Gasteiger partial charge < -0.3 is 10.6 Å². The highest BCUT2D eigenvalue weighted by molar-refractivity contribution is 14.0. The van der Waals surface area contributed by atoms with Gasteiger partial charge in [0.1, 0.15) is 18.0 Å². The number of aryl methyl sites for hydroxylation is 1. The Balaban J connectivity index is 0.00000264. The zero-order valence-corrected chi connectivity index (χ0v) is 16.8. The van der Waals surface area contributed by atoms with Crippen molar-refractivity contribution in [3.63, 3.8) is 0 Å². The Kier molecular flexibility index (Phi) is 8.45. The van der Waals surface area contributed by atoms with Crippen LogP contribution in [0.2, 0.25) is 0 Å². The van der Waals surface area contributed by atoms with Crippen LogP contribution in [0.3, 0.4) is 0 Å². The van der Waals surface area contributed by atoms with Crippen LogP contribution in [0.1, 0.15) is 18.3 Å². The number of hydrogen-bond acceptors (Lipinski definition) is 3. The molecule has 0 bridgehead atoms. The van der Waals surface area contributed by atoms with E-state index in [1.807, 2.05) is 20.0 Å². The maximum Gasteiger partial charge on any atom is 0.191 e. The molecule has 1 aromatic heterocycles. The number of rotatable bonds is 5. The number of guanidine groups is 1. The molecule has 0 radical (unpaired) electrons. The highest BCUT2D eigenvalue weighted by atomic mass is 127. The topological polar surface area (TPSA) is 67.1 Å². The van der Waals surface area contributed by atoms with E-state index < -0.39 is 0 Å². The molecule has 1 aromatic carbocycles. The lowest BCUT2D eigenvalue weighted by atomic mass is 10.2. The maximum atomic E-state index is 13.4. The van der Waals surface area contributed by atoms with Crippen LogP contribution >= 0.6 is 39.9 Å². The first-order chi connectivity index (χ1) is 10.6. The average molecular weight is 497 g/mol. The van der Waals surface area contributed by atoms with Gasteiger partial charge in [-0.25, -0.2) is 14.4 Å². The lowest BCUT2D eigenvalue weighted by molar-refractivity contribution is 0.624. The summed E-state index contributed by atoms with van der Waals surface area (Å²) in [6.07, 6.45) is 1.51. The van der Waals surface area contributed by atoms with Gasteiger partial charge in [-0.05, 0) is 30.7 Å². The first-order valence-electron chi connectivity index (χ1n) is 6.88. The number of benzene rings is 1. The first kappa shape index (κ1) is 19.8. The van der Waals surface area contributed by atoms with Gasteiger partial charge in [-0.2, -0.15) is 5.10 Å². The molecule has 0 atom stereocenters. The number of nitrogens with zero attached hydrogens (tertiary/aromatic N) is 4. The summed E-state index contributed by atoms with van der Waals surface area (Å²) in [5, 5.41) is 10.3. The summed E-state index contributed by atoms with van der Waals surface area (Å²) in [5.74, 6) is 1.17. The van der Waals surface area contributed by atoms with E-state index in [-0.39, 0.29) is 29.8 Å². The van der Waals surface area contributed by atoms with Crippen molar-refractivity contribution in [1.82, 2.24) is 25.4 Å². The minimum atomic E-state index is -0.281. The van der Waals surface area contributed by atoms with E-state index in [1.165, 1.54) is 18.5 Å². The molecule has 0 aliphatic rings. The second-order valence-electron chi connectivity index (χ2n) is 4.63. The highest BCUT2D eigenvalue weighted by Gasteiger charge is 2.03. The molecule has 0 saturated heterocycles. The largest absolute Gasteiger partial charge is 0.357 e. The van der Waals surface area contributed by atoms with Crippen LogP contribution in [0.15, 0.2) is 34.0 Å². The van der Waals surface area contributed by atoms with E-state index in [4.69, 9.17) is 0 Å². The predicted octanol–water partition coefficient (Wildman–Crippen LogP) is 2.59. The molecule has 2 rings (SSSR count). The maximum absolute atomic E-state index is 13.4. The standard InChI is InChI=1S/C14H18BrFN6.HI/c1-3-17-14(19-8-13-20-9-21-22(13)2)18-7-10-4-11(15)6-12(16)5-10;/h4-6,9H,3,7-8H2,1-2H3,(H2,17,18,19);1H. The van der Waals surface area contributed by atoms with Crippen molar-refractivity contribution >= 4 is 45.9 Å². The van der Waals surface area contributed by atoms with Gasteiger partial charge in [0.2, 0.25) is 0 Å². The molecule has 1 heterocycles. The van der Waals surface area contributed by atoms with E-state index in [0.717, 1.165) is 17.9 Å². The molecule has 0 saturated carbocycles. The van der Waals surface area contributed by atoms with Crippen molar-refractivity contribution in [3.8, 4) is 0 Å². The van der Waals surface area contributed by atoms with Gasteiger partial charge in [0, 0.05) is 18.1 Å². The van der Waals surface area contributed by atoms with Crippen LogP contribution < -0.4 is 10.6 Å². The third-order valence-corrected chi connectivity index (χ3v) is 3.36. The Bertz CT molecular complexity index is 640. The van der Waals surface area contributed by atoms with Gasteiger partial charge in [-0.15, -0.1) is 24.0 Å². The third-order valence-electron chi connectivity index (χ3n) is 2.91. The molecule has 2 N–H and O–H groups in total. The quantitative estimate of drug-likeness (QED) is 0.379. The molecule has 0 aliphatic carbocycles. The van der Waals surface area contributed by atoms with Crippen molar-refractivity contribution in [3.05, 3.63) is 46.2 Å². The third kappa shape index (κ3) is 6.42. The second-order valence-corrected chi connectivity index (χ2v) is 5.54. The lowest BCUT2D eigenvalue weighted by Gasteiger charge is -2.11. The summed E-state index contributed by atoms with van der Waals surface area (Å²) >= 11 is 3.28. The first-order valence-corrected chi connectivity index (χ1v) is 7.67. The fourth-order valence-electron chi connectivity index (χ4n) is 1.86. The van der Waals surface area contributed by atoms with Crippen LogP contribution in [-0.2, 0) is 20.1 Å². The molecular weight excluding hydrogens is 478 g/mol. The van der Waals surface area contributed by atoms with Crippen molar-refractivity contribution < 1.29 is 4.39 Å². The molecule has 0 unspecified atom stereocenters.